The van der Waals surface area contributed by atoms with E-state index in [0.29, 0.717) is 36.9 Å². The van der Waals surface area contributed by atoms with Crippen molar-refractivity contribution in [2.24, 2.45) is 0 Å². The molecule has 1 fully saturated rings. The fourth-order valence-electron chi connectivity index (χ4n) is 3.25. The number of carbonyl (C=O) groups is 1. The Hall–Kier alpha value is -2.02. The topological polar surface area (TPSA) is 113 Å². The van der Waals surface area contributed by atoms with E-state index in [1.54, 1.807) is 19.1 Å². The number of halogens is 1. The zero-order valence-electron chi connectivity index (χ0n) is 18.1. The van der Waals surface area contributed by atoms with Gasteiger partial charge in [0.2, 0.25) is 26.0 Å². The van der Waals surface area contributed by atoms with Crippen LogP contribution in [0, 0.1) is 0 Å². The maximum Gasteiger partial charge on any atom is 0.243 e. The van der Waals surface area contributed by atoms with E-state index in [1.165, 1.54) is 40.7 Å². The van der Waals surface area contributed by atoms with Crippen molar-refractivity contribution in [3.63, 3.8) is 0 Å². The lowest BCUT2D eigenvalue weighted by Gasteiger charge is -2.26. The molecule has 0 aromatic heterocycles. The van der Waals surface area contributed by atoms with Crippen molar-refractivity contribution >= 4 is 37.6 Å². The smallest absolute Gasteiger partial charge is 0.243 e. The van der Waals surface area contributed by atoms with Crippen LogP contribution >= 0.6 is 11.6 Å². The second-order valence-electron chi connectivity index (χ2n) is 7.32. The zero-order chi connectivity index (χ0) is 24.1. The number of sulfonamides is 2. The van der Waals surface area contributed by atoms with E-state index >= 15 is 0 Å². The van der Waals surface area contributed by atoms with Crippen molar-refractivity contribution in [2.75, 3.05) is 39.4 Å². The minimum absolute atomic E-state index is 0.0543. The molecule has 9 nitrogen and oxygen atoms in total. The summed E-state index contributed by atoms with van der Waals surface area (Å²) in [4.78, 5) is 12.6. The molecule has 33 heavy (non-hydrogen) atoms. The Morgan fingerprint density at radius 2 is 1.58 bits per heavy atom. The number of likely N-dealkylation sites (N-methyl/N-ethyl adjacent to an activating group) is 1. The van der Waals surface area contributed by atoms with Crippen LogP contribution in [-0.4, -0.2) is 70.7 Å². The molecule has 0 spiro atoms. The Morgan fingerprint density at radius 3 is 2.15 bits per heavy atom. The van der Waals surface area contributed by atoms with Crippen LogP contribution in [0.4, 0.5) is 0 Å². The summed E-state index contributed by atoms with van der Waals surface area (Å²) in [6.07, 6.45) is 0. The second-order valence-corrected chi connectivity index (χ2v) is 11.6. The number of amides is 1. The van der Waals surface area contributed by atoms with E-state index in [1.807, 2.05) is 0 Å². The minimum Gasteiger partial charge on any atom is -0.379 e. The van der Waals surface area contributed by atoms with E-state index in [-0.39, 0.29) is 29.4 Å². The Labute approximate surface area is 199 Å². The van der Waals surface area contributed by atoms with Gasteiger partial charge in [-0.05, 0) is 42.0 Å². The number of hydrogen-bond acceptors (Lipinski definition) is 6. The van der Waals surface area contributed by atoms with E-state index in [2.05, 4.69) is 5.32 Å². The lowest BCUT2D eigenvalue weighted by molar-refractivity contribution is -0.121. The molecule has 1 heterocycles. The largest absolute Gasteiger partial charge is 0.379 e. The molecule has 3 rings (SSSR count). The molecule has 1 amide bonds. The van der Waals surface area contributed by atoms with Crippen molar-refractivity contribution in [1.29, 1.82) is 0 Å². The molecule has 1 aliphatic heterocycles. The average Bonchev–Trinajstić information content (AvgIpc) is 2.82. The molecular weight excluding hydrogens is 490 g/mol. The highest BCUT2D eigenvalue weighted by Crippen LogP contribution is 2.19. The highest BCUT2D eigenvalue weighted by molar-refractivity contribution is 7.89. The molecule has 12 heteroatoms. The SMILES string of the molecule is CCN(CC(=O)NCc1ccc(S(=O)(=O)N2CCOCC2)cc1)S(=O)(=O)c1ccc(Cl)cc1. The molecule has 1 N–H and O–H groups in total. The van der Waals surface area contributed by atoms with Crippen LogP contribution in [-0.2, 0) is 36.1 Å². The molecule has 0 aliphatic carbocycles. The van der Waals surface area contributed by atoms with Crippen LogP contribution in [0.3, 0.4) is 0 Å². The fraction of sp³-hybridized carbons (Fsp3) is 0.381. The van der Waals surface area contributed by atoms with Crippen LogP contribution < -0.4 is 5.32 Å². The normalized spacial score (nSPS) is 15.5. The van der Waals surface area contributed by atoms with Gasteiger partial charge < -0.3 is 10.1 Å². The maximum atomic E-state index is 12.8. The number of ether oxygens (including phenoxy) is 1. The molecule has 180 valence electrons. The molecule has 2 aromatic carbocycles. The van der Waals surface area contributed by atoms with Gasteiger partial charge in [0, 0.05) is 31.2 Å². The van der Waals surface area contributed by atoms with Crippen LogP contribution in [0.1, 0.15) is 12.5 Å². The molecule has 1 saturated heterocycles. The first kappa shape index (κ1) is 25.6. The summed E-state index contributed by atoms with van der Waals surface area (Å²) in [6.45, 7) is 2.92. The predicted molar refractivity (Wildman–Crippen MR) is 124 cm³/mol. The third-order valence-electron chi connectivity index (χ3n) is 5.14. The van der Waals surface area contributed by atoms with Gasteiger partial charge in [-0.25, -0.2) is 16.8 Å². The third-order valence-corrected chi connectivity index (χ3v) is 9.24. The van der Waals surface area contributed by atoms with Gasteiger partial charge in [0.1, 0.15) is 0 Å². The van der Waals surface area contributed by atoms with Gasteiger partial charge in [0.25, 0.3) is 0 Å². The first-order chi connectivity index (χ1) is 15.6. The first-order valence-electron chi connectivity index (χ1n) is 10.3. The summed E-state index contributed by atoms with van der Waals surface area (Å²) in [5.74, 6) is -0.473. The maximum absolute atomic E-state index is 12.8. The predicted octanol–water partition coefficient (Wildman–Crippen LogP) is 1.69. The monoisotopic (exact) mass is 515 g/mol. The van der Waals surface area contributed by atoms with Gasteiger partial charge in [0.05, 0.1) is 29.5 Å². The zero-order valence-corrected chi connectivity index (χ0v) is 20.5. The third kappa shape index (κ3) is 6.31. The average molecular weight is 516 g/mol. The summed E-state index contributed by atoms with van der Waals surface area (Å²) >= 11 is 5.82. The first-order valence-corrected chi connectivity index (χ1v) is 13.6. The number of nitrogens with one attached hydrogen (secondary N) is 1. The van der Waals surface area contributed by atoms with E-state index in [0.717, 1.165) is 4.31 Å². The minimum atomic E-state index is -3.85. The number of rotatable bonds is 9. The highest BCUT2D eigenvalue weighted by atomic mass is 35.5. The van der Waals surface area contributed by atoms with Gasteiger partial charge in [-0.3, -0.25) is 4.79 Å². The van der Waals surface area contributed by atoms with Gasteiger partial charge in [0.15, 0.2) is 0 Å². The van der Waals surface area contributed by atoms with Gasteiger partial charge in [-0.15, -0.1) is 0 Å². The standard InChI is InChI=1S/C21H26ClN3O6S2/c1-2-24(32(27,28)20-9-5-18(22)6-10-20)16-21(26)23-15-17-3-7-19(8-4-17)33(29,30)25-11-13-31-14-12-25/h3-10H,2,11-16H2,1H3,(H,23,26). The number of nitrogens with zero attached hydrogens (tertiary/aromatic N) is 2. The van der Waals surface area contributed by atoms with Crippen LogP contribution in [0.2, 0.25) is 5.02 Å². The molecule has 0 unspecified atom stereocenters. The van der Waals surface area contributed by atoms with Gasteiger partial charge in [-0.2, -0.15) is 8.61 Å². The van der Waals surface area contributed by atoms with Crippen molar-refractivity contribution < 1.29 is 26.4 Å². The quantitative estimate of drug-likeness (QED) is 0.543. The van der Waals surface area contributed by atoms with Crippen molar-refractivity contribution in [1.82, 2.24) is 13.9 Å². The number of hydrogen-bond donors (Lipinski definition) is 1. The van der Waals surface area contributed by atoms with Crippen molar-refractivity contribution in [3.8, 4) is 0 Å². The summed E-state index contributed by atoms with van der Waals surface area (Å²) in [5.41, 5.74) is 0.688. The Morgan fingerprint density at radius 1 is 1.00 bits per heavy atom. The van der Waals surface area contributed by atoms with Crippen molar-refractivity contribution in [2.45, 2.75) is 23.3 Å². The molecule has 0 atom stereocenters. The number of carbonyl (C=O) groups excluding carboxylic acids is 1. The molecule has 2 aromatic rings. The van der Waals surface area contributed by atoms with E-state index < -0.39 is 26.0 Å². The summed E-state index contributed by atoms with van der Waals surface area (Å²) in [6, 6.07) is 12.0. The fourth-order valence-corrected chi connectivity index (χ4v) is 6.19. The molecule has 0 saturated carbocycles. The lowest BCUT2D eigenvalue weighted by Crippen LogP contribution is -2.40. The van der Waals surface area contributed by atoms with E-state index in [4.69, 9.17) is 16.3 Å². The molecule has 1 aliphatic rings. The van der Waals surface area contributed by atoms with Gasteiger partial charge >= 0.3 is 0 Å². The summed E-state index contributed by atoms with van der Waals surface area (Å²) in [5, 5.41) is 3.09. The summed E-state index contributed by atoms with van der Waals surface area (Å²) in [7, 11) is -7.44. The van der Waals surface area contributed by atoms with Crippen LogP contribution in [0.5, 0.6) is 0 Å². The number of benzene rings is 2. The van der Waals surface area contributed by atoms with Gasteiger partial charge in [-0.1, -0.05) is 30.7 Å². The molecular formula is C21H26ClN3O6S2. The second kappa shape index (κ2) is 10.9. The molecule has 0 radical (unpaired) electrons. The van der Waals surface area contributed by atoms with Crippen LogP contribution in [0.25, 0.3) is 0 Å². The lowest BCUT2D eigenvalue weighted by atomic mass is 10.2. The van der Waals surface area contributed by atoms with Crippen molar-refractivity contribution in [3.05, 3.63) is 59.1 Å². The Balaban J connectivity index is 1.59. The van der Waals surface area contributed by atoms with Crippen LogP contribution in [0.15, 0.2) is 58.3 Å². The number of morpholine rings is 1. The Bertz CT molecular complexity index is 1160. The highest BCUT2D eigenvalue weighted by Gasteiger charge is 2.27. The summed E-state index contributed by atoms with van der Waals surface area (Å²) < 4.78 is 58.6. The molecule has 0 bridgehead atoms. The van der Waals surface area contributed by atoms with E-state index in [9.17, 15) is 21.6 Å². The Kier molecular flexibility index (Phi) is 8.48.